The van der Waals surface area contributed by atoms with E-state index in [2.05, 4.69) is 4.98 Å². The molecule has 2 aromatic heterocycles. The molecule has 6 rings (SSSR count). The van der Waals surface area contributed by atoms with Crippen molar-refractivity contribution >= 4 is 27.0 Å². The third-order valence-electron chi connectivity index (χ3n) is 6.99. The SMILES string of the molecule is CS(=O)(=O)O.[2H]C([2H])([2H])C([2H])([2H])[C@@]1(O)C(=O)OCc2c1cc1n(c2=O)Cc2c-1nc1cc(F)c(C)c3c1c2[C@@H](N)CC3. The lowest BCUT2D eigenvalue weighted by molar-refractivity contribution is -0.172. The van der Waals surface area contributed by atoms with Gasteiger partial charge in [-0.25, -0.2) is 14.2 Å². The molecule has 0 unspecified atom stereocenters. The van der Waals surface area contributed by atoms with Gasteiger partial charge in [-0.2, -0.15) is 8.42 Å². The zero-order chi connectivity index (χ0) is 31.3. The van der Waals surface area contributed by atoms with Crippen LogP contribution in [0.15, 0.2) is 16.9 Å². The zero-order valence-electron chi connectivity index (χ0n) is 24.8. The Labute approximate surface area is 218 Å². The van der Waals surface area contributed by atoms with E-state index in [1.54, 1.807) is 6.92 Å². The van der Waals surface area contributed by atoms with Crippen LogP contribution in [0.25, 0.3) is 22.3 Å². The summed E-state index contributed by atoms with van der Waals surface area (Å²) < 4.78 is 86.2. The van der Waals surface area contributed by atoms with E-state index < -0.39 is 64.5 Å². The molecule has 0 spiro atoms. The Kier molecular flexibility index (Phi) is 4.52. The van der Waals surface area contributed by atoms with Crippen LogP contribution in [-0.4, -0.2) is 39.9 Å². The van der Waals surface area contributed by atoms with Crippen molar-refractivity contribution in [2.75, 3.05) is 6.26 Å². The fourth-order valence-corrected chi connectivity index (χ4v) is 5.31. The van der Waals surface area contributed by atoms with Gasteiger partial charge in [0.25, 0.3) is 15.7 Å². The number of rotatable bonds is 1. The first kappa shape index (κ1) is 19.9. The summed E-state index contributed by atoms with van der Waals surface area (Å²) in [6.07, 6.45) is -1.63. The van der Waals surface area contributed by atoms with Crippen LogP contribution in [0.3, 0.4) is 0 Å². The molecule has 3 aromatic rings. The molecule has 4 heterocycles. The molecule has 2 atom stereocenters. The van der Waals surface area contributed by atoms with Gasteiger partial charge in [0.15, 0.2) is 5.60 Å². The van der Waals surface area contributed by atoms with Gasteiger partial charge >= 0.3 is 5.97 Å². The molecule has 0 bridgehead atoms. The predicted octanol–water partition coefficient (Wildman–Crippen LogP) is 1.98. The fourth-order valence-electron chi connectivity index (χ4n) is 5.31. The molecule has 0 saturated carbocycles. The van der Waals surface area contributed by atoms with Crippen molar-refractivity contribution in [1.82, 2.24) is 9.55 Å². The average Bonchev–Trinajstić information content (AvgIpc) is 3.22. The number of ether oxygens (including phenoxy) is 1. The van der Waals surface area contributed by atoms with Gasteiger partial charge in [-0.1, -0.05) is 6.85 Å². The van der Waals surface area contributed by atoms with Gasteiger partial charge in [0, 0.05) is 35.5 Å². The first-order valence-electron chi connectivity index (χ1n) is 13.7. The first-order valence-corrected chi connectivity index (χ1v) is 13.0. The van der Waals surface area contributed by atoms with Crippen molar-refractivity contribution in [2.24, 2.45) is 5.73 Å². The van der Waals surface area contributed by atoms with E-state index in [4.69, 9.17) is 21.9 Å². The molecule has 4 N–H and O–H groups in total. The molecular formula is C25H26FN3O7S. The van der Waals surface area contributed by atoms with Crippen molar-refractivity contribution in [2.45, 2.75) is 57.8 Å². The molecule has 10 nitrogen and oxygen atoms in total. The van der Waals surface area contributed by atoms with Crippen molar-refractivity contribution < 1.29 is 38.9 Å². The quantitative estimate of drug-likeness (QED) is 0.244. The second kappa shape index (κ2) is 8.42. The first-order chi connectivity index (χ1) is 19.2. The molecule has 3 aliphatic rings. The average molecular weight is 537 g/mol. The maximum atomic E-state index is 14.8. The highest BCUT2D eigenvalue weighted by molar-refractivity contribution is 7.85. The second-order valence-electron chi connectivity index (χ2n) is 9.31. The number of hydrogen-bond donors (Lipinski definition) is 3. The van der Waals surface area contributed by atoms with Crippen molar-refractivity contribution in [3.05, 3.63) is 61.7 Å². The smallest absolute Gasteiger partial charge is 0.343 e. The van der Waals surface area contributed by atoms with Gasteiger partial charge in [0.1, 0.15) is 12.4 Å². The standard InChI is InChI=1S/C24H22FN3O4.CH4O3S/c1-3-24(31)14-6-18-21-12(8-28(18)22(29)13(14)9-32-23(24)30)19-16(26)5-4-11-10(2)15(25)7-17(27-21)20(11)19;1-5(2,3)4/h6-7,16,31H,3-5,8-9,26H2,1-2H3;1H3,(H,2,3,4)/t16-,24-;/m0./s1/i1D3,3D2;. The Morgan fingerprint density at radius 3 is 2.73 bits per heavy atom. The van der Waals surface area contributed by atoms with E-state index >= 15 is 0 Å². The molecule has 0 amide bonds. The summed E-state index contributed by atoms with van der Waals surface area (Å²) >= 11 is 0. The number of nitrogens with two attached hydrogens (primary N) is 1. The lowest BCUT2D eigenvalue weighted by atomic mass is 9.82. The van der Waals surface area contributed by atoms with E-state index in [0.717, 1.165) is 16.5 Å². The highest BCUT2D eigenvalue weighted by Crippen LogP contribution is 2.45. The Hall–Kier alpha value is -3.19. The summed E-state index contributed by atoms with van der Waals surface area (Å²) in [5.41, 5.74) is 5.31. The fraction of sp³-hybridized carbons (Fsp3) is 0.400. The van der Waals surface area contributed by atoms with Crippen molar-refractivity contribution in [3.8, 4) is 11.4 Å². The summed E-state index contributed by atoms with van der Waals surface area (Å²) in [5, 5.41) is 12.1. The predicted molar refractivity (Wildman–Crippen MR) is 132 cm³/mol. The number of cyclic esters (lactones) is 1. The molecule has 12 heteroatoms. The lowest BCUT2D eigenvalue weighted by Crippen LogP contribution is -2.44. The molecule has 37 heavy (non-hydrogen) atoms. The van der Waals surface area contributed by atoms with Gasteiger partial charge in [-0.05, 0) is 48.9 Å². The summed E-state index contributed by atoms with van der Waals surface area (Å²) in [6, 6.07) is 2.12. The van der Waals surface area contributed by atoms with Crippen LogP contribution in [0.1, 0.15) is 65.9 Å². The second-order valence-corrected chi connectivity index (χ2v) is 10.8. The Morgan fingerprint density at radius 1 is 1.35 bits per heavy atom. The number of carbonyl (C=O) groups is 1. The van der Waals surface area contributed by atoms with Crippen molar-refractivity contribution in [3.63, 3.8) is 0 Å². The Bertz CT molecular complexity index is 1870. The summed E-state index contributed by atoms with van der Waals surface area (Å²) in [7, 11) is -3.67. The normalized spacial score (nSPS) is 24.2. The molecule has 2 aliphatic heterocycles. The van der Waals surface area contributed by atoms with Crippen LogP contribution in [0, 0.1) is 12.7 Å². The number of esters is 1. The van der Waals surface area contributed by atoms with E-state index in [9.17, 15) is 27.5 Å². The molecular weight excluding hydrogens is 505 g/mol. The molecule has 0 radical (unpaired) electrons. The highest BCUT2D eigenvalue weighted by atomic mass is 32.2. The van der Waals surface area contributed by atoms with Crippen LogP contribution in [0.4, 0.5) is 4.39 Å². The van der Waals surface area contributed by atoms with Crippen LogP contribution < -0.4 is 11.3 Å². The third-order valence-corrected chi connectivity index (χ3v) is 6.99. The van der Waals surface area contributed by atoms with E-state index in [1.807, 2.05) is 0 Å². The van der Waals surface area contributed by atoms with Crippen molar-refractivity contribution in [1.29, 1.82) is 0 Å². The van der Waals surface area contributed by atoms with Gasteiger partial charge < -0.3 is 20.1 Å². The topological polar surface area (TPSA) is 162 Å². The lowest BCUT2D eigenvalue weighted by Gasteiger charge is -2.31. The highest BCUT2D eigenvalue weighted by Gasteiger charge is 2.45. The monoisotopic (exact) mass is 536 g/mol. The number of aryl methyl sites for hydroxylation is 1. The molecule has 0 fully saturated rings. The number of halogens is 1. The van der Waals surface area contributed by atoms with Crippen LogP contribution in [0.2, 0.25) is 0 Å². The molecule has 1 aliphatic carbocycles. The number of fused-ring (bicyclic) bond motifs is 5. The van der Waals surface area contributed by atoms with Gasteiger partial charge in [-0.15, -0.1) is 0 Å². The van der Waals surface area contributed by atoms with E-state index in [1.165, 1.54) is 16.7 Å². The molecule has 0 saturated heterocycles. The molecule has 196 valence electrons. The number of nitrogens with zero attached hydrogens (tertiary/aromatic N) is 2. The zero-order valence-corrected chi connectivity index (χ0v) is 20.6. The summed E-state index contributed by atoms with van der Waals surface area (Å²) in [4.78, 5) is 31.0. The maximum Gasteiger partial charge on any atom is 0.343 e. The van der Waals surface area contributed by atoms with Crippen LogP contribution in [0.5, 0.6) is 0 Å². The Morgan fingerprint density at radius 2 is 2.05 bits per heavy atom. The Balaban J connectivity index is 0.000000652. The number of carbonyl (C=O) groups excluding carboxylic acids is 1. The van der Waals surface area contributed by atoms with Crippen LogP contribution in [-0.2, 0) is 44.8 Å². The summed E-state index contributed by atoms with van der Waals surface area (Å²) in [5.74, 6) is -1.94. The minimum absolute atomic E-state index is 0.0666. The van der Waals surface area contributed by atoms with Crippen LogP contribution >= 0.6 is 0 Å². The number of hydrogen-bond acceptors (Lipinski definition) is 8. The van der Waals surface area contributed by atoms with E-state index in [0.29, 0.717) is 35.7 Å². The minimum atomic E-state index is -3.67. The minimum Gasteiger partial charge on any atom is -0.458 e. The van der Waals surface area contributed by atoms with Gasteiger partial charge in [-0.3, -0.25) is 9.35 Å². The molecule has 1 aromatic carbocycles. The van der Waals surface area contributed by atoms with Gasteiger partial charge in [0.2, 0.25) is 0 Å². The number of pyridine rings is 2. The number of aromatic nitrogens is 2. The third kappa shape index (κ3) is 3.86. The van der Waals surface area contributed by atoms with E-state index in [-0.39, 0.29) is 23.5 Å². The maximum absolute atomic E-state index is 14.8. The largest absolute Gasteiger partial charge is 0.458 e. The number of aliphatic hydroxyl groups is 1. The number of benzene rings is 1. The van der Waals surface area contributed by atoms with Gasteiger partial charge in [0.05, 0.1) is 35.3 Å². The summed E-state index contributed by atoms with van der Waals surface area (Å²) in [6.45, 7) is -2.22.